The van der Waals surface area contributed by atoms with Crippen LogP contribution in [0.3, 0.4) is 0 Å². The van der Waals surface area contributed by atoms with E-state index in [1.165, 1.54) is 71.5 Å². The first-order chi connectivity index (χ1) is 16.0. The monoisotopic (exact) mass is 453 g/mol. The zero-order valence-corrected chi connectivity index (χ0v) is 19.9. The molecule has 0 aromatic carbocycles. The summed E-state index contributed by atoms with van der Waals surface area (Å²) in [4.78, 5) is 40.9. The Morgan fingerprint density at radius 2 is 0.758 bits per heavy atom. The number of aromatic nitrogens is 3. The number of hydrogen-bond acceptors (Lipinski definition) is 3. The van der Waals surface area contributed by atoms with Crippen molar-refractivity contribution in [1.29, 1.82) is 0 Å². The van der Waals surface area contributed by atoms with Gasteiger partial charge in [0.15, 0.2) is 0 Å². The summed E-state index contributed by atoms with van der Waals surface area (Å²) < 4.78 is 4.48. The molecule has 0 N–H and O–H groups in total. The average molecular weight is 454 g/mol. The van der Waals surface area contributed by atoms with E-state index in [1.54, 1.807) is 0 Å². The minimum absolute atomic E-state index is 0.320. The van der Waals surface area contributed by atoms with Gasteiger partial charge in [-0.15, -0.1) is 0 Å². The Kier molecular flexibility index (Phi) is 4.85. The van der Waals surface area contributed by atoms with E-state index in [0.717, 1.165) is 37.0 Å². The third-order valence-corrected chi connectivity index (χ3v) is 11.3. The fraction of sp³-hybridized carbons (Fsp3) is 0.889. The van der Waals surface area contributed by atoms with Crippen LogP contribution >= 0.6 is 0 Å². The van der Waals surface area contributed by atoms with Gasteiger partial charge in [0.25, 0.3) is 0 Å². The summed E-state index contributed by atoms with van der Waals surface area (Å²) >= 11 is 0. The van der Waals surface area contributed by atoms with Crippen LogP contribution in [0.5, 0.6) is 0 Å². The molecule has 9 unspecified atom stereocenters. The van der Waals surface area contributed by atoms with Crippen LogP contribution < -0.4 is 17.1 Å². The molecule has 6 saturated carbocycles. The average Bonchev–Trinajstić information content (AvgIpc) is 3.64. The minimum atomic E-state index is -0.320. The number of nitrogens with zero attached hydrogens (tertiary/aromatic N) is 3. The third kappa shape index (κ3) is 3.36. The van der Waals surface area contributed by atoms with Crippen LogP contribution in [0.1, 0.15) is 77.0 Å². The molecule has 1 aromatic heterocycles. The summed E-state index contributed by atoms with van der Waals surface area (Å²) in [6.45, 7) is 1.56. The van der Waals surface area contributed by atoms with Crippen LogP contribution in [-0.2, 0) is 19.6 Å². The van der Waals surface area contributed by atoms with Crippen molar-refractivity contribution in [3.05, 3.63) is 31.5 Å². The maximum Gasteiger partial charge on any atom is 0.336 e. The van der Waals surface area contributed by atoms with E-state index in [9.17, 15) is 14.4 Å². The first-order valence-corrected chi connectivity index (χ1v) is 14.0. The highest BCUT2D eigenvalue weighted by atomic mass is 16.2. The highest BCUT2D eigenvalue weighted by molar-refractivity contribution is 4.95. The van der Waals surface area contributed by atoms with E-state index in [2.05, 4.69) is 0 Å². The molecule has 6 bridgehead atoms. The largest absolute Gasteiger partial charge is 0.336 e. The Morgan fingerprint density at radius 1 is 0.455 bits per heavy atom. The standard InChI is InChI=1S/C27H39N3O3/c31-25-28(13-22-10-16-1-4-19(22)7-16)26(32)30(15-24-12-18-3-6-21(24)9-18)27(33)29(25)14-23-11-17-2-5-20(23)8-17/h16-24H,1-15H2. The van der Waals surface area contributed by atoms with Gasteiger partial charge in [0.1, 0.15) is 0 Å². The van der Waals surface area contributed by atoms with Crippen molar-refractivity contribution < 1.29 is 0 Å². The van der Waals surface area contributed by atoms with Crippen LogP contribution in [0, 0.1) is 53.3 Å². The van der Waals surface area contributed by atoms with Gasteiger partial charge in [0.2, 0.25) is 0 Å². The predicted molar refractivity (Wildman–Crippen MR) is 126 cm³/mol. The fourth-order valence-corrected chi connectivity index (χ4v) is 9.65. The van der Waals surface area contributed by atoms with Crippen LogP contribution in [0.2, 0.25) is 0 Å². The van der Waals surface area contributed by atoms with Gasteiger partial charge in [0.05, 0.1) is 0 Å². The van der Waals surface area contributed by atoms with Crippen molar-refractivity contribution >= 4 is 0 Å². The van der Waals surface area contributed by atoms with Crippen LogP contribution in [0.4, 0.5) is 0 Å². The molecule has 6 fully saturated rings. The molecule has 7 rings (SSSR count). The first kappa shape index (κ1) is 20.8. The van der Waals surface area contributed by atoms with Gasteiger partial charge in [-0.2, -0.15) is 0 Å². The van der Waals surface area contributed by atoms with Gasteiger partial charge in [-0.25, -0.2) is 28.1 Å². The van der Waals surface area contributed by atoms with Gasteiger partial charge >= 0.3 is 17.1 Å². The summed E-state index contributed by atoms with van der Waals surface area (Å²) in [5, 5.41) is 0. The van der Waals surface area contributed by atoms with E-state index in [0.29, 0.717) is 55.1 Å². The molecule has 0 aliphatic heterocycles. The lowest BCUT2D eigenvalue weighted by Gasteiger charge is -2.26. The van der Waals surface area contributed by atoms with Crippen molar-refractivity contribution in [1.82, 2.24) is 13.7 Å². The van der Waals surface area contributed by atoms with E-state index in [-0.39, 0.29) is 17.1 Å². The summed E-state index contributed by atoms with van der Waals surface area (Å²) in [5.41, 5.74) is -0.959. The van der Waals surface area contributed by atoms with E-state index >= 15 is 0 Å². The van der Waals surface area contributed by atoms with Gasteiger partial charge in [-0.3, -0.25) is 0 Å². The highest BCUT2D eigenvalue weighted by Gasteiger charge is 2.43. The van der Waals surface area contributed by atoms with Crippen LogP contribution in [0.15, 0.2) is 14.4 Å². The summed E-state index contributed by atoms with van der Waals surface area (Å²) in [7, 11) is 0. The Morgan fingerprint density at radius 3 is 0.970 bits per heavy atom. The van der Waals surface area contributed by atoms with E-state index in [1.807, 2.05) is 0 Å². The predicted octanol–water partition coefficient (Wildman–Crippen LogP) is 3.48. The Bertz CT molecular complexity index is 947. The van der Waals surface area contributed by atoms with Crippen molar-refractivity contribution in [3.63, 3.8) is 0 Å². The second kappa shape index (κ2) is 7.71. The fourth-order valence-electron chi connectivity index (χ4n) is 9.65. The van der Waals surface area contributed by atoms with Crippen LogP contribution in [0.25, 0.3) is 0 Å². The molecule has 9 atom stereocenters. The summed E-state index contributed by atoms with van der Waals surface area (Å²) in [6.07, 6.45) is 14.9. The molecule has 6 aliphatic rings. The highest BCUT2D eigenvalue weighted by Crippen LogP contribution is 2.50. The van der Waals surface area contributed by atoms with Gasteiger partial charge < -0.3 is 0 Å². The van der Waals surface area contributed by atoms with Gasteiger partial charge in [-0.05, 0) is 111 Å². The molecule has 6 nitrogen and oxygen atoms in total. The lowest BCUT2D eigenvalue weighted by Crippen LogP contribution is -2.56. The van der Waals surface area contributed by atoms with Crippen LogP contribution in [-0.4, -0.2) is 13.7 Å². The Balaban J connectivity index is 1.25. The van der Waals surface area contributed by atoms with Gasteiger partial charge in [-0.1, -0.05) is 19.3 Å². The minimum Gasteiger partial charge on any atom is -0.247 e. The molecule has 1 aromatic rings. The number of fused-ring (bicyclic) bond motifs is 6. The van der Waals surface area contributed by atoms with Crippen molar-refractivity contribution in [3.8, 4) is 0 Å². The summed E-state index contributed by atoms with van der Waals surface area (Å²) in [5.74, 6) is 5.62. The molecule has 1 heterocycles. The molecule has 0 radical (unpaired) electrons. The molecule has 180 valence electrons. The quantitative estimate of drug-likeness (QED) is 0.662. The zero-order chi connectivity index (χ0) is 22.3. The molecule has 0 spiro atoms. The molecule has 6 aliphatic carbocycles. The second-order valence-electron chi connectivity index (χ2n) is 13.0. The summed E-state index contributed by atoms with van der Waals surface area (Å²) in [6, 6.07) is 0. The molecule has 0 amide bonds. The topological polar surface area (TPSA) is 66.0 Å². The molecule has 33 heavy (non-hydrogen) atoms. The van der Waals surface area contributed by atoms with Crippen molar-refractivity contribution in [2.24, 2.45) is 53.3 Å². The van der Waals surface area contributed by atoms with E-state index < -0.39 is 0 Å². The maximum atomic E-state index is 13.6. The van der Waals surface area contributed by atoms with Gasteiger partial charge in [0, 0.05) is 19.6 Å². The molecular weight excluding hydrogens is 414 g/mol. The first-order valence-electron chi connectivity index (χ1n) is 14.0. The zero-order valence-electron chi connectivity index (χ0n) is 19.9. The number of rotatable bonds is 6. The Labute approximate surface area is 195 Å². The Hall–Kier alpha value is -1.59. The van der Waals surface area contributed by atoms with Crippen molar-refractivity contribution in [2.75, 3.05) is 0 Å². The third-order valence-electron chi connectivity index (χ3n) is 11.3. The maximum absolute atomic E-state index is 13.6. The van der Waals surface area contributed by atoms with Crippen molar-refractivity contribution in [2.45, 2.75) is 96.7 Å². The second-order valence-corrected chi connectivity index (χ2v) is 13.0. The van der Waals surface area contributed by atoms with E-state index in [4.69, 9.17) is 0 Å². The molecular formula is C27H39N3O3. The smallest absolute Gasteiger partial charge is 0.247 e. The molecule has 0 saturated heterocycles. The molecule has 6 heteroatoms. The SMILES string of the molecule is O=c1n(CC2CC3CCC2C3)c(=O)n(CC2CC3CCC2C3)c(=O)n1CC1CC2CCC1C2. The normalized spacial score (nSPS) is 42.7. The number of hydrogen-bond donors (Lipinski definition) is 0. The lowest BCUT2D eigenvalue weighted by molar-refractivity contribution is 0.242. The lowest BCUT2D eigenvalue weighted by atomic mass is 9.88.